The number of nitrogens with zero attached hydrogens (tertiary/aromatic N) is 2. The van der Waals surface area contributed by atoms with Gasteiger partial charge in [0.1, 0.15) is 11.4 Å². The van der Waals surface area contributed by atoms with Crippen molar-refractivity contribution in [2.24, 2.45) is 0 Å². The Labute approximate surface area is 235 Å². The molecule has 1 aromatic heterocycles. The molecule has 2 aromatic carbocycles. The van der Waals surface area contributed by atoms with E-state index in [1.807, 2.05) is 0 Å². The number of carbonyl (C=O) groups is 2. The molecule has 2 heterocycles. The molecule has 7 nitrogen and oxygen atoms in total. The Morgan fingerprint density at radius 3 is 2.48 bits per heavy atom. The highest BCUT2D eigenvalue weighted by Crippen LogP contribution is 2.33. The van der Waals surface area contributed by atoms with Gasteiger partial charge < -0.3 is 19.7 Å². The van der Waals surface area contributed by atoms with Gasteiger partial charge in [0, 0.05) is 29.0 Å². The number of unbranched alkanes of at least 4 members (excludes halogenated alkanes) is 2. The summed E-state index contributed by atoms with van der Waals surface area (Å²) in [7, 11) is 1.41. The number of methoxy groups -OCH3 is 1. The summed E-state index contributed by atoms with van der Waals surface area (Å²) in [5.74, 6) is -0.493. The van der Waals surface area contributed by atoms with Gasteiger partial charge in [0.05, 0.1) is 12.1 Å². The van der Waals surface area contributed by atoms with E-state index < -0.39 is 6.36 Å². The number of esters is 1. The van der Waals surface area contributed by atoms with E-state index >= 15 is 0 Å². The average molecular weight is 576 g/mol. The number of para-hydroxylation sites is 1. The Balaban J connectivity index is 1.29. The predicted octanol–water partition coefficient (Wildman–Crippen LogP) is 6.87. The molecule has 0 saturated carbocycles. The van der Waals surface area contributed by atoms with E-state index in [-0.39, 0.29) is 17.6 Å². The zero-order valence-corrected chi connectivity index (χ0v) is 23.0. The Kier molecular flexibility index (Phi) is 10.2. The van der Waals surface area contributed by atoms with Gasteiger partial charge in [-0.1, -0.05) is 36.8 Å². The molecule has 214 valence electrons. The lowest BCUT2D eigenvalue weighted by Crippen LogP contribution is -2.33. The van der Waals surface area contributed by atoms with Gasteiger partial charge in [0.2, 0.25) is 0 Å². The van der Waals surface area contributed by atoms with Gasteiger partial charge in [0.15, 0.2) is 0 Å². The molecule has 0 radical (unpaired) electrons. The molecule has 0 unspecified atom stereocenters. The largest absolute Gasteiger partial charge is 0.573 e. The standard InChI is InChI=1S/C29H32F3N3O4S/c1-38-26(36)9-3-2-6-16-35-17-14-21(15-18-35)28-34-25(19-40-28)27(37)33-24-8-5-4-7-23(24)20-10-12-22(13-11-20)39-29(30,31)32/h4-5,7-8,10-13,19,21H,2-3,6,9,14-18H2,1H3,(H,33,37). The van der Waals surface area contributed by atoms with E-state index in [1.54, 1.807) is 29.6 Å². The summed E-state index contributed by atoms with van der Waals surface area (Å²) in [6, 6.07) is 12.6. The number of likely N-dealkylation sites (tertiary alicyclic amines) is 1. The number of halogens is 3. The molecular weight excluding hydrogens is 543 g/mol. The zero-order chi connectivity index (χ0) is 28.5. The van der Waals surface area contributed by atoms with Gasteiger partial charge in [-0.3, -0.25) is 9.59 Å². The van der Waals surface area contributed by atoms with Crippen LogP contribution in [-0.4, -0.2) is 54.9 Å². The van der Waals surface area contributed by atoms with Gasteiger partial charge in [-0.2, -0.15) is 0 Å². The number of ether oxygens (including phenoxy) is 2. The van der Waals surface area contributed by atoms with Gasteiger partial charge in [-0.05, 0) is 69.1 Å². The molecule has 11 heteroatoms. The van der Waals surface area contributed by atoms with E-state index in [0.717, 1.165) is 56.7 Å². The van der Waals surface area contributed by atoms with Crippen LogP contribution in [0.5, 0.6) is 5.75 Å². The molecule has 1 aliphatic heterocycles. The number of hydrogen-bond acceptors (Lipinski definition) is 7. The Bertz CT molecular complexity index is 1270. The van der Waals surface area contributed by atoms with E-state index in [9.17, 15) is 22.8 Å². The van der Waals surface area contributed by atoms with Crippen LogP contribution in [0, 0.1) is 0 Å². The number of hydrogen-bond donors (Lipinski definition) is 1. The summed E-state index contributed by atoms with van der Waals surface area (Å²) in [5.41, 5.74) is 2.19. The first-order valence-electron chi connectivity index (χ1n) is 13.2. The number of rotatable bonds is 11. The SMILES string of the molecule is COC(=O)CCCCCN1CCC(c2nc(C(=O)Nc3ccccc3-c3ccc(OC(F)(F)F)cc3)cs2)CC1. The zero-order valence-electron chi connectivity index (χ0n) is 22.2. The molecule has 0 aliphatic carbocycles. The van der Waals surface area contributed by atoms with Crippen molar-refractivity contribution in [2.45, 2.75) is 50.8 Å². The molecule has 3 aromatic rings. The number of aromatic nitrogens is 1. The lowest BCUT2D eigenvalue weighted by molar-refractivity contribution is -0.274. The van der Waals surface area contributed by atoms with Crippen LogP contribution in [0.15, 0.2) is 53.9 Å². The van der Waals surface area contributed by atoms with E-state index in [4.69, 9.17) is 0 Å². The first kappa shape index (κ1) is 29.5. The van der Waals surface area contributed by atoms with Crippen LogP contribution < -0.4 is 10.1 Å². The summed E-state index contributed by atoms with van der Waals surface area (Å²) in [6.45, 7) is 2.96. The molecule has 1 aliphatic rings. The molecule has 0 bridgehead atoms. The van der Waals surface area contributed by atoms with Gasteiger partial charge in [-0.25, -0.2) is 4.98 Å². The normalized spacial score (nSPS) is 14.6. The first-order valence-corrected chi connectivity index (χ1v) is 14.1. The third-order valence-electron chi connectivity index (χ3n) is 6.85. The van der Waals surface area contributed by atoms with Crippen molar-refractivity contribution in [3.63, 3.8) is 0 Å². The molecule has 40 heavy (non-hydrogen) atoms. The maximum atomic E-state index is 13.0. The third kappa shape index (κ3) is 8.53. The number of nitrogens with one attached hydrogen (secondary N) is 1. The summed E-state index contributed by atoms with van der Waals surface area (Å²) in [5, 5.41) is 5.63. The molecular formula is C29H32F3N3O4S. The number of thiazole rings is 1. The molecule has 0 atom stereocenters. The third-order valence-corrected chi connectivity index (χ3v) is 7.86. The first-order chi connectivity index (χ1) is 19.2. The number of amides is 1. The van der Waals surface area contributed by atoms with E-state index in [1.165, 1.54) is 42.7 Å². The van der Waals surface area contributed by atoms with Crippen LogP contribution in [0.1, 0.15) is 59.9 Å². The highest BCUT2D eigenvalue weighted by molar-refractivity contribution is 7.10. The quantitative estimate of drug-likeness (QED) is 0.198. The fourth-order valence-corrected chi connectivity index (χ4v) is 5.70. The Morgan fingerprint density at radius 1 is 1.05 bits per heavy atom. The average Bonchev–Trinajstić information content (AvgIpc) is 3.44. The Hall–Kier alpha value is -3.44. The van der Waals surface area contributed by atoms with Gasteiger partial charge >= 0.3 is 12.3 Å². The van der Waals surface area contributed by atoms with Crippen LogP contribution in [-0.2, 0) is 9.53 Å². The molecule has 0 spiro atoms. The topological polar surface area (TPSA) is 80.8 Å². The number of benzene rings is 2. The van der Waals surface area contributed by atoms with Crippen LogP contribution in [0.3, 0.4) is 0 Å². The van der Waals surface area contributed by atoms with Crippen molar-refractivity contribution < 1.29 is 32.2 Å². The van der Waals surface area contributed by atoms with Gasteiger partial charge in [0.25, 0.3) is 5.91 Å². The lowest BCUT2D eigenvalue weighted by Gasteiger charge is -2.31. The fraction of sp³-hybridized carbons (Fsp3) is 0.414. The second kappa shape index (κ2) is 13.8. The molecule has 1 N–H and O–H groups in total. The van der Waals surface area contributed by atoms with Crippen LogP contribution >= 0.6 is 11.3 Å². The molecule has 1 amide bonds. The number of piperidine rings is 1. The van der Waals surface area contributed by atoms with Crippen molar-refractivity contribution in [3.05, 3.63) is 64.6 Å². The maximum absolute atomic E-state index is 13.0. The second-order valence-corrected chi connectivity index (χ2v) is 10.5. The molecule has 1 saturated heterocycles. The molecule has 4 rings (SSSR count). The minimum Gasteiger partial charge on any atom is -0.469 e. The smallest absolute Gasteiger partial charge is 0.469 e. The number of anilines is 1. The van der Waals surface area contributed by atoms with Gasteiger partial charge in [-0.15, -0.1) is 24.5 Å². The number of alkyl halides is 3. The predicted molar refractivity (Wildman–Crippen MR) is 148 cm³/mol. The van der Waals surface area contributed by atoms with E-state index in [2.05, 4.69) is 24.7 Å². The summed E-state index contributed by atoms with van der Waals surface area (Å²) < 4.78 is 46.1. The Morgan fingerprint density at radius 2 is 1.77 bits per heavy atom. The van der Waals surface area contributed by atoms with Crippen LogP contribution in [0.2, 0.25) is 0 Å². The van der Waals surface area contributed by atoms with Crippen molar-refractivity contribution in [1.29, 1.82) is 0 Å². The minimum atomic E-state index is -4.76. The molecule has 1 fully saturated rings. The number of carbonyl (C=O) groups excluding carboxylic acids is 2. The van der Waals surface area contributed by atoms with Crippen molar-refractivity contribution in [1.82, 2.24) is 9.88 Å². The highest BCUT2D eigenvalue weighted by Gasteiger charge is 2.31. The van der Waals surface area contributed by atoms with Crippen molar-refractivity contribution in [3.8, 4) is 16.9 Å². The summed E-state index contributed by atoms with van der Waals surface area (Å²) in [6.07, 6.45) is 0.571. The van der Waals surface area contributed by atoms with Crippen molar-refractivity contribution >= 4 is 28.9 Å². The van der Waals surface area contributed by atoms with Crippen molar-refractivity contribution in [2.75, 3.05) is 32.1 Å². The second-order valence-electron chi connectivity index (χ2n) is 9.65. The summed E-state index contributed by atoms with van der Waals surface area (Å²) >= 11 is 1.49. The van der Waals surface area contributed by atoms with E-state index in [0.29, 0.717) is 34.8 Å². The highest BCUT2D eigenvalue weighted by atomic mass is 32.1. The van der Waals surface area contributed by atoms with Crippen LogP contribution in [0.25, 0.3) is 11.1 Å². The lowest BCUT2D eigenvalue weighted by atomic mass is 9.97. The summed E-state index contributed by atoms with van der Waals surface area (Å²) in [4.78, 5) is 31.3. The minimum absolute atomic E-state index is 0.158. The monoisotopic (exact) mass is 575 g/mol. The van der Waals surface area contributed by atoms with Crippen LogP contribution in [0.4, 0.5) is 18.9 Å². The maximum Gasteiger partial charge on any atom is 0.573 e. The fourth-order valence-electron chi connectivity index (χ4n) is 4.73.